The van der Waals surface area contributed by atoms with Crippen molar-refractivity contribution in [3.05, 3.63) is 29.5 Å². The van der Waals surface area contributed by atoms with E-state index in [0.29, 0.717) is 12.2 Å². The van der Waals surface area contributed by atoms with Gasteiger partial charge in [0.05, 0.1) is 16.8 Å². The summed E-state index contributed by atoms with van der Waals surface area (Å²) in [4.78, 5) is 19.2. The average molecular weight is 236 g/mol. The molecule has 0 aliphatic carbocycles. The van der Waals surface area contributed by atoms with E-state index in [1.165, 1.54) is 0 Å². The van der Waals surface area contributed by atoms with Gasteiger partial charge in [0.15, 0.2) is 0 Å². The van der Waals surface area contributed by atoms with E-state index in [-0.39, 0.29) is 0 Å². The number of carbonyl (C=O) groups is 1. The molecule has 0 aliphatic heterocycles. The van der Waals surface area contributed by atoms with Gasteiger partial charge in [-0.2, -0.15) is 0 Å². The molecule has 0 radical (unpaired) electrons. The fraction of sp³-hybridized carbons (Fsp3) is 0.273. The lowest BCUT2D eigenvalue weighted by Gasteiger charge is -2.04. The normalized spacial score (nSPS) is 12.6. The molecule has 1 atom stereocenters. The molecule has 5 heteroatoms. The summed E-state index contributed by atoms with van der Waals surface area (Å²) >= 11 is 1.60. The third-order valence-electron chi connectivity index (χ3n) is 2.42. The third kappa shape index (κ3) is 1.99. The van der Waals surface area contributed by atoms with Gasteiger partial charge in [-0.3, -0.25) is 4.79 Å². The number of imidazole rings is 1. The lowest BCUT2D eigenvalue weighted by molar-refractivity contribution is -0.139. The molecule has 2 rings (SSSR count). The average Bonchev–Trinajstić information content (AvgIpc) is 2.86. The van der Waals surface area contributed by atoms with E-state index < -0.39 is 11.9 Å². The predicted molar refractivity (Wildman–Crippen MR) is 62.6 cm³/mol. The van der Waals surface area contributed by atoms with E-state index in [2.05, 4.69) is 9.97 Å². The van der Waals surface area contributed by atoms with Crippen LogP contribution in [0.5, 0.6) is 0 Å². The molecule has 0 aliphatic rings. The molecular formula is C11H12N2O2S. The van der Waals surface area contributed by atoms with Crippen molar-refractivity contribution in [3.63, 3.8) is 0 Å². The Hall–Kier alpha value is -1.62. The Bertz CT molecular complexity index is 476. The minimum Gasteiger partial charge on any atom is -0.481 e. The topological polar surface area (TPSA) is 66.0 Å². The quantitative estimate of drug-likeness (QED) is 0.857. The van der Waals surface area contributed by atoms with Crippen LogP contribution in [0.2, 0.25) is 0 Å². The van der Waals surface area contributed by atoms with E-state index in [9.17, 15) is 4.79 Å². The summed E-state index contributed by atoms with van der Waals surface area (Å²) in [6, 6.07) is 3.93. The van der Waals surface area contributed by atoms with Gasteiger partial charge in [0.1, 0.15) is 11.7 Å². The number of H-pyrrole nitrogens is 1. The summed E-state index contributed by atoms with van der Waals surface area (Å²) in [5.74, 6) is -0.860. The maximum absolute atomic E-state index is 11.0. The molecule has 0 amide bonds. The Labute approximate surface area is 97.0 Å². The fourth-order valence-electron chi connectivity index (χ4n) is 1.56. The van der Waals surface area contributed by atoms with Gasteiger partial charge in [-0.25, -0.2) is 4.98 Å². The zero-order chi connectivity index (χ0) is 11.5. The Morgan fingerprint density at radius 2 is 2.50 bits per heavy atom. The SMILES string of the molecule is CCC(C(=O)O)c1ncc(-c2cccs2)[nH]1. The number of hydrogen-bond donors (Lipinski definition) is 2. The molecule has 16 heavy (non-hydrogen) atoms. The van der Waals surface area contributed by atoms with Gasteiger partial charge < -0.3 is 10.1 Å². The number of aromatic nitrogens is 2. The van der Waals surface area contributed by atoms with E-state index in [0.717, 1.165) is 10.6 Å². The Kier molecular flexibility index (Phi) is 3.05. The molecule has 2 aromatic rings. The van der Waals surface area contributed by atoms with Gasteiger partial charge in [-0.1, -0.05) is 13.0 Å². The van der Waals surface area contributed by atoms with E-state index in [1.54, 1.807) is 17.5 Å². The summed E-state index contributed by atoms with van der Waals surface area (Å²) in [5.41, 5.74) is 0.879. The molecular weight excluding hydrogens is 224 g/mol. The first kappa shape index (κ1) is 10.9. The number of rotatable bonds is 4. The van der Waals surface area contributed by atoms with Crippen LogP contribution < -0.4 is 0 Å². The van der Waals surface area contributed by atoms with Crippen LogP contribution in [-0.4, -0.2) is 21.0 Å². The molecule has 0 aromatic carbocycles. The van der Waals surface area contributed by atoms with E-state index in [1.807, 2.05) is 24.4 Å². The van der Waals surface area contributed by atoms with Crippen LogP contribution in [0.25, 0.3) is 10.6 Å². The number of hydrogen-bond acceptors (Lipinski definition) is 3. The molecule has 0 spiro atoms. The summed E-state index contributed by atoms with van der Waals surface area (Å²) in [6.45, 7) is 1.84. The minimum atomic E-state index is -0.838. The molecule has 84 valence electrons. The number of aromatic amines is 1. The molecule has 0 fully saturated rings. The first-order valence-corrected chi connectivity index (χ1v) is 5.92. The number of carboxylic acids is 1. The van der Waals surface area contributed by atoms with Gasteiger partial charge in [0, 0.05) is 0 Å². The molecule has 2 aromatic heterocycles. The van der Waals surface area contributed by atoms with Gasteiger partial charge in [0.25, 0.3) is 0 Å². The summed E-state index contributed by atoms with van der Waals surface area (Å²) in [5, 5.41) is 11.0. The van der Waals surface area contributed by atoms with Crippen molar-refractivity contribution in [2.75, 3.05) is 0 Å². The Morgan fingerprint density at radius 1 is 1.69 bits per heavy atom. The van der Waals surface area contributed by atoms with Gasteiger partial charge in [-0.05, 0) is 17.9 Å². The molecule has 0 bridgehead atoms. The highest BCUT2D eigenvalue weighted by Gasteiger charge is 2.20. The number of nitrogens with one attached hydrogen (secondary N) is 1. The first-order chi connectivity index (χ1) is 7.72. The van der Waals surface area contributed by atoms with Crippen LogP contribution in [0.15, 0.2) is 23.7 Å². The van der Waals surface area contributed by atoms with Crippen molar-refractivity contribution in [2.45, 2.75) is 19.3 Å². The second kappa shape index (κ2) is 4.49. The highest BCUT2D eigenvalue weighted by molar-refractivity contribution is 7.13. The maximum atomic E-state index is 11.0. The monoisotopic (exact) mass is 236 g/mol. The first-order valence-electron chi connectivity index (χ1n) is 5.04. The van der Waals surface area contributed by atoms with Gasteiger partial charge >= 0.3 is 5.97 Å². The van der Waals surface area contributed by atoms with Crippen LogP contribution in [0, 0.1) is 0 Å². The van der Waals surface area contributed by atoms with Gasteiger partial charge in [-0.15, -0.1) is 11.3 Å². The second-order valence-electron chi connectivity index (χ2n) is 3.46. The molecule has 0 saturated carbocycles. The van der Waals surface area contributed by atoms with Crippen LogP contribution in [0.1, 0.15) is 25.1 Å². The lowest BCUT2D eigenvalue weighted by atomic mass is 10.1. The maximum Gasteiger partial charge on any atom is 0.314 e. The third-order valence-corrected chi connectivity index (χ3v) is 3.32. The van der Waals surface area contributed by atoms with Crippen molar-refractivity contribution >= 4 is 17.3 Å². The minimum absolute atomic E-state index is 0.526. The summed E-state index contributed by atoms with van der Waals surface area (Å²) < 4.78 is 0. The number of thiophene rings is 1. The highest BCUT2D eigenvalue weighted by Crippen LogP contribution is 2.25. The van der Waals surface area contributed by atoms with E-state index >= 15 is 0 Å². The van der Waals surface area contributed by atoms with Crippen molar-refractivity contribution < 1.29 is 9.90 Å². The van der Waals surface area contributed by atoms with Crippen molar-refractivity contribution in [2.24, 2.45) is 0 Å². The number of aliphatic carboxylic acids is 1. The zero-order valence-electron chi connectivity index (χ0n) is 8.80. The summed E-state index contributed by atoms with van der Waals surface area (Å²) in [7, 11) is 0. The van der Waals surface area contributed by atoms with Crippen molar-refractivity contribution in [1.29, 1.82) is 0 Å². The van der Waals surface area contributed by atoms with Gasteiger partial charge in [0.2, 0.25) is 0 Å². The molecule has 2 heterocycles. The van der Waals surface area contributed by atoms with Crippen molar-refractivity contribution in [3.8, 4) is 10.6 Å². The Morgan fingerprint density at radius 3 is 3.06 bits per heavy atom. The largest absolute Gasteiger partial charge is 0.481 e. The number of carboxylic acid groups (broad SMARTS) is 1. The predicted octanol–water partition coefficient (Wildman–Crippen LogP) is 2.72. The highest BCUT2D eigenvalue weighted by atomic mass is 32.1. The smallest absolute Gasteiger partial charge is 0.314 e. The van der Waals surface area contributed by atoms with Crippen LogP contribution in [0.4, 0.5) is 0 Å². The lowest BCUT2D eigenvalue weighted by Crippen LogP contribution is -2.11. The zero-order valence-corrected chi connectivity index (χ0v) is 9.62. The van der Waals surface area contributed by atoms with Crippen LogP contribution >= 0.6 is 11.3 Å². The number of nitrogens with zero attached hydrogens (tertiary/aromatic N) is 1. The molecule has 4 nitrogen and oxygen atoms in total. The van der Waals surface area contributed by atoms with E-state index in [4.69, 9.17) is 5.11 Å². The standard InChI is InChI=1S/C11H12N2O2S/c1-2-7(11(14)15)10-12-6-8(13-10)9-4-3-5-16-9/h3-7H,2H2,1H3,(H,12,13)(H,14,15). The van der Waals surface area contributed by atoms with Crippen LogP contribution in [-0.2, 0) is 4.79 Å². The fourth-order valence-corrected chi connectivity index (χ4v) is 2.25. The van der Waals surface area contributed by atoms with Crippen LogP contribution in [0.3, 0.4) is 0 Å². The molecule has 0 saturated heterocycles. The molecule has 1 unspecified atom stereocenters. The summed E-state index contributed by atoms with van der Waals surface area (Å²) in [6.07, 6.45) is 2.22. The Balaban J connectivity index is 2.29. The molecule has 2 N–H and O–H groups in total. The van der Waals surface area contributed by atoms with Crippen molar-refractivity contribution in [1.82, 2.24) is 9.97 Å². The second-order valence-corrected chi connectivity index (χ2v) is 4.41.